The van der Waals surface area contributed by atoms with Crippen LogP contribution in [0, 0.1) is 0 Å². The smallest absolute Gasteiger partial charge is 0.307 e. The van der Waals surface area contributed by atoms with E-state index in [2.05, 4.69) is 0 Å². The van der Waals surface area contributed by atoms with Crippen molar-refractivity contribution in [2.24, 2.45) is 0 Å². The van der Waals surface area contributed by atoms with Crippen LogP contribution in [0.15, 0.2) is 18.2 Å². The van der Waals surface area contributed by atoms with E-state index in [0.29, 0.717) is 5.56 Å². The number of alkyl halides is 2. The van der Waals surface area contributed by atoms with E-state index in [1.54, 1.807) is 0 Å². The third-order valence-corrected chi connectivity index (χ3v) is 2.09. The molecule has 0 aliphatic carbocycles. The van der Waals surface area contributed by atoms with E-state index in [4.69, 9.17) is 9.84 Å². The van der Waals surface area contributed by atoms with Crippen molar-refractivity contribution in [3.05, 3.63) is 29.3 Å². The average molecular weight is 230 g/mol. The minimum atomic E-state index is -3.06. The predicted octanol–water partition coefficient (Wildman–Crippen LogP) is 2.43. The molecule has 3 nitrogen and oxygen atoms in total. The molecule has 88 valence electrons. The van der Waals surface area contributed by atoms with Gasteiger partial charge in [0.1, 0.15) is 5.75 Å². The van der Waals surface area contributed by atoms with Gasteiger partial charge >= 0.3 is 5.97 Å². The Labute approximate surface area is 91.7 Å². The Kier molecular flexibility index (Phi) is 3.47. The van der Waals surface area contributed by atoms with Crippen molar-refractivity contribution in [2.75, 3.05) is 7.11 Å². The summed E-state index contributed by atoms with van der Waals surface area (Å²) < 4.78 is 31.2. The van der Waals surface area contributed by atoms with Crippen molar-refractivity contribution in [2.45, 2.75) is 19.3 Å². The van der Waals surface area contributed by atoms with Crippen LogP contribution in [-0.4, -0.2) is 18.2 Å². The van der Waals surface area contributed by atoms with Crippen molar-refractivity contribution >= 4 is 5.97 Å². The van der Waals surface area contributed by atoms with Gasteiger partial charge in [-0.1, -0.05) is 6.07 Å². The number of carboxylic acid groups (broad SMARTS) is 1. The number of carbonyl (C=O) groups is 1. The second kappa shape index (κ2) is 4.47. The highest BCUT2D eigenvalue weighted by Gasteiger charge is 2.28. The molecule has 0 spiro atoms. The van der Waals surface area contributed by atoms with Gasteiger partial charge in [0.2, 0.25) is 0 Å². The number of rotatable bonds is 4. The van der Waals surface area contributed by atoms with Crippen LogP contribution in [0.2, 0.25) is 0 Å². The molecule has 0 radical (unpaired) electrons. The molecule has 0 unspecified atom stereocenters. The first-order valence-corrected chi connectivity index (χ1v) is 4.61. The molecule has 0 saturated heterocycles. The second-order valence-corrected chi connectivity index (χ2v) is 3.49. The topological polar surface area (TPSA) is 46.5 Å². The third kappa shape index (κ3) is 2.92. The Hall–Kier alpha value is -1.65. The minimum absolute atomic E-state index is 0.0571. The highest BCUT2D eigenvalue weighted by atomic mass is 19.3. The van der Waals surface area contributed by atoms with Crippen LogP contribution in [0.5, 0.6) is 5.75 Å². The van der Waals surface area contributed by atoms with Gasteiger partial charge in [0.05, 0.1) is 19.1 Å². The zero-order chi connectivity index (χ0) is 12.3. The Balaban J connectivity index is 3.16. The lowest BCUT2D eigenvalue weighted by molar-refractivity contribution is -0.136. The Bertz CT molecular complexity index is 397. The summed E-state index contributed by atoms with van der Waals surface area (Å²) in [5.74, 6) is -4.06. The number of ether oxygens (including phenoxy) is 1. The van der Waals surface area contributed by atoms with Crippen LogP contribution in [0.4, 0.5) is 8.78 Å². The number of methoxy groups -OCH3 is 1. The highest BCUT2D eigenvalue weighted by molar-refractivity contribution is 5.70. The SMILES string of the molecule is COc1ccc(CC(=O)O)cc1C(C)(F)F. The van der Waals surface area contributed by atoms with Gasteiger partial charge in [-0.2, -0.15) is 0 Å². The van der Waals surface area contributed by atoms with E-state index in [1.165, 1.54) is 19.2 Å². The lowest BCUT2D eigenvalue weighted by Gasteiger charge is -2.15. The fraction of sp³-hybridized carbons (Fsp3) is 0.364. The summed E-state index contributed by atoms with van der Waals surface area (Å²) in [6.45, 7) is 0.745. The molecular formula is C11H12F2O3. The van der Waals surface area contributed by atoms with Crippen molar-refractivity contribution in [3.8, 4) is 5.75 Å². The van der Waals surface area contributed by atoms with E-state index < -0.39 is 11.9 Å². The van der Waals surface area contributed by atoms with Crippen LogP contribution in [0.3, 0.4) is 0 Å². The van der Waals surface area contributed by atoms with Crippen LogP contribution in [0.25, 0.3) is 0 Å². The number of benzene rings is 1. The van der Waals surface area contributed by atoms with E-state index in [-0.39, 0.29) is 17.7 Å². The summed E-state index contributed by atoms with van der Waals surface area (Å²) in [6.07, 6.45) is -0.285. The largest absolute Gasteiger partial charge is 0.496 e. The quantitative estimate of drug-likeness (QED) is 0.864. The summed E-state index contributed by atoms with van der Waals surface area (Å²) in [4.78, 5) is 10.5. The molecule has 0 aromatic heterocycles. The fourth-order valence-electron chi connectivity index (χ4n) is 1.38. The first kappa shape index (κ1) is 12.4. The molecule has 0 saturated carbocycles. The summed E-state index contributed by atoms with van der Waals surface area (Å²) in [5.41, 5.74) is 0.0265. The number of hydrogen-bond acceptors (Lipinski definition) is 2. The van der Waals surface area contributed by atoms with Crippen molar-refractivity contribution < 1.29 is 23.4 Å². The van der Waals surface area contributed by atoms with Gasteiger partial charge in [-0.15, -0.1) is 0 Å². The van der Waals surface area contributed by atoms with Gasteiger partial charge in [-0.05, 0) is 17.7 Å². The van der Waals surface area contributed by atoms with E-state index in [1.807, 2.05) is 0 Å². The van der Waals surface area contributed by atoms with Gasteiger partial charge < -0.3 is 9.84 Å². The average Bonchev–Trinajstić information content (AvgIpc) is 2.15. The third-order valence-electron chi connectivity index (χ3n) is 2.09. The monoisotopic (exact) mass is 230 g/mol. The number of hydrogen-bond donors (Lipinski definition) is 1. The zero-order valence-electron chi connectivity index (χ0n) is 8.96. The van der Waals surface area contributed by atoms with Gasteiger partial charge in [0.15, 0.2) is 0 Å². The molecule has 5 heteroatoms. The molecule has 1 N–H and O–H groups in total. The summed E-state index contributed by atoms with van der Waals surface area (Å²) in [5, 5.41) is 8.57. The maximum absolute atomic E-state index is 13.2. The molecule has 0 atom stereocenters. The summed E-state index contributed by atoms with van der Waals surface area (Å²) in [7, 11) is 1.29. The fourth-order valence-corrected chi connectivity index (χ4v) is 1.38. The van der Waals surface area contributed by atoms with Gasteiger partial charge in [-0.25, -0.2) is 8.78 Å². The summed E-state index contributed by atoms with van der Waals surface area (Å²) >= 11 is 0. The molecule has 1 aromatic carbocycles. The van der Waals surface area contributed by atoms with E-state index in [0.717, 1.165) is 13.0 Å². The highest BCUT2D eigenvalue weighted by Crippen LogP contribution is 2.35. The van der Waals surface area contributed by atoms with Crippen molar-refractivity contribution in [1.29, 1.82) is 0 Å². The van der Waals surface area contributed by atoms with Gasteiger partial charge in [0.25, 0.3) is 5.92 Å². The molecule has 0 aliphatic rings. The van der Waals surface area contributed by atoms with E-state index >= 15 is 0 Å². The maximum atomic E-state index is 13.2. The van der Waals surface area contributed by atoms with Crippen LogP contribution in [0.1, 0.15) is 18.1 Å². The molecular weight excluding hydrogens is 218 g/mol. The van der Waals surface area contributed by atoms with Gasteiger partial charge in [-0.3, -0.25) is 4.79 Å². The zero-order valence-corrected chi connectivity index (χ0v) is 8.96. The lowest BCUT2D eigenvalue weighted by atomic mass is 10.0. The van der Waals surface area contributed by atoms with E-state index in [9.17, 15) is 13.6 Å². The van der Waals surface area contributed by atoms with Crippen LogP contribution in [-0.2, 0) is 17.1 Å². The molecule has 1 rings (SSSR count). The van der Waals surface area contributed by atoms with Crippen LogP contribution >= 0.6 is 0 Å². The molecule has 0 aliphatic heterocycles. The molecule has 0 heterocycles. The number of halogens is 2. The molecule has 0 bridgehead atoms. The number of carboxylic acids is 1. The Morgan fingerprint density at radius 3 is 2.56 bits per heavy atom. The number of aliphatic carboxylic acids is 1. The van der Waals surface area contributed by atoms with Crippen LogP contribution < -0.4 is 4.74 Å². The molecule has 0 amide bonds. The lowest BCUT2D eigenvalue weighted by Crippen LogP contribution is -2.11. The van der Waals surface area contributed by atoms with Crippen molar-refractivity contribution in [3.63, 3.8) is 0 Å². The first-order valence-electron chi connectivity index (χ1n) is 4.61. The van der Waals surface area contributed by atoms with Crippen molar-refractivity contribution in [1.82, 2.24) is 0 Å². The molecule has 1 aromatic rings. The maximum Gasteiger partial charge on any atom is 0.307 e. The van der Waals surface area contributed by atoms with Gasteiger partial charge in [0, 0.05) is 6.92 Å². The molecule has 16 heavy (non-hydrogen) atoms. The first-order chi connectivity index (χ1) is 7.34. The Morgan fingerprint density at radius 2 is 2.12 bits per heavy atom. The normalized spacial score (nSPS) is 11.2. The standard InChI is InChI=1S/C11H12F2O3/c1-11(12,13)8-5-7(6-10(14)15)3-4-9(8)16-2/h3-5H,6H2,1-2H3,(H,14,15). The second-order valence-electron chi connectivity index (χ2n) is 3.49. The Morgan fingerprint density at radius 1 is 1.50 bits per heavy atom. The summed E-state index contributed by atoms with van der Waals surface area (Å²) in [6, 6.07) is 3.97. The minimum Gasteiger partial charge on any atom is -0.496 e. The molecule has 0 fully saturated rings. The predicted molar refractivity (Wildman–Crippen MR) is 53.9 cm³/mol.